The third-order valence-electron chi connectivity index (χ3n) is 11.1. The lowest BCUT2D eigenvalue weighted by Crippen LogP contribution is -2.77. The lowest BCUT2D eigenvalue weighted by Gasteiger charge is -2.56. The molecule has 6 aromatic rings. The summed E-state index contributed by atoms with van der Waals surface area (Å²) in [7, 11) is 0. The summed E-state index contributed by atoms with van der Waals surface area (Å²) in [5.74, 6) is -1.58. The summed E-state index contributed by atoms with van der Waals surface area (Å²) >= 11 is 0. The number of ether oxygens (including phenoxy) is 1. The molecule has 2 aliphatic heterocycles. The molecule has 0 bridgehead atoms. The monoisotopic (exact) mass is 832 g/mol. The molecule has 2 atom stereocenters. The summed E-state index contributed by atoms with van der Waals surface area (Å²) in [4.78, 5) is 68.2. The van der Waals surface area contributed by atoms with Crippen LogP contribution < -0.4 is 37.9 Å². The average molecular weight is 833 g/mol. The number of benzene rings is 1. The molecule has 0 radical (unpaired) electrons. The van der Waals surface area contributed by atoms with Gasteiger partial charge in [-0.05, 0) is 58.4 Å². The smallest absolute Gasteiger partial charge is 0.278 e. The number of likely N-dealkylation sites (tertiary alicyclic amines) is 1. The second-order valence-electron chi connectivity index (χ2n) is 15.0. The molecule has 2 fully saturated rings. The molecule has 8 rings (SSSR count). The van der Waals surface area contributed by atoms with Crippen LogP contribution in [0, 0.1) is 13.8 Å². The molecule has 9 N–H and O–H groups in total. The Labute approximate surface area is 349 Å². The lowest BCUT2D eigenvalue weighted by atomic mass is 9.88. The minimum Gasteiger partial charge on any atom is -0.491 e. The first kappa shape index (κ1) is 40.6. The zero-order valence-corrected chi connectivity index (χ0v) is 34.3. The van der Waals surface area contributed by atoms with Crippen LogP contribution in [0.4, 0.5) is 17.6 Å². The topological polar surface area (TPSA) is 279 Å². The van der Waals surface area contributed by atoms with Crippen molar-refractivity contribution >= 4 is 63.4 Å². The fourth-order valence-corrected chi connectivity index (χ4v) is 7.81. The zero-order valence-electron chi connectivity index (χ0n) is 34.3. The van der Waals surface area contributed by atoms with Crippen LogP contribution >= 0.6 is 0 Å². The Hall–Kier alpha value is -7.13. The molecule has 2 unspecified atom stereocenters. The Morgan fingerprint density at radius 3 is 2.25 bits per heavy atom. The van der Waals surface area contributed by atoms with Crippen molar-refractivity contribution in [3.05, 3.63) is 76.5 Å². The number of rotatable bonds is 17. The van der Waals surface area contributed by atoms with Gasteiger partial charge in [-0.2, -0.15) is 10.2 Å². The van der Waals surface area contributed by atoms with Gasteiger partial charge in [0.25, 0.3) is 11.8 Å². The molecule has 2 saturated heterocycles. The largest absolute Gasteiger partial charge is 0.491 e. The van der Waals surface area contributed by atoms with E-state index in [0.29, 0.717) is 76.8 Å². The Morgan fingerprint density at radius 2 is 1.57 bits per heavy atom. The molecule has 21 heteroatoms. The van der Waals surface area contributed by atoms with Crippen molar-refractivity contribution in [1.29, 1.82) is 0 Å². The first-order valence-electron chi connectivity index (χ1n) is 20.1. The van der Waals surface area contributed by atoms with Crippen molar-refractivity contribution in [3.63, 3.8) is 0 Å². The highest BCUT2D eigenvalue weighted by atomic mass is 16.5. The lowest BCUT2D eigenvalue weighted by molar-refractivity contribution is -0.0193. The van der Waals surface area contributed by atoms with Gasteiger partial charge in [0.1, 0.15) is 28.2 Å². The summed E-state index contributed by atoms with van der Waals surface area (Å²) in [5, 5.41) is 18.0. The van der Waals surface area contributed by atoms with Gasteiger partial charge in [0, 0.05) is 69.7 Å². The number of pyridine rings is 1. The van der Waals surface area contributed by atoms with Crippen LogP contribution in [0.25, 0.3) is 22.2 Å². The van der Waals surface area contributed by atoms with Crippen molar-refractivity contribution in [1.82, 2.24) is 53.9 Å². The number of carbonyl (C=O) groups is 4. The fraction of sp³-hybridized carbons (Fsp3) is 0.375. The Kier molecular flexibility index (Phi) is 11.0. The number of fused-ring (bicyclic) bond motifs is 3. The Balaban J connectivity index is 1.12. The standard InChI is InChI=1S/C40H48N16O5/c1-5-55-28(14-21(3)50-55)37(59)48-40-47-26-16-24(35(43)58)18-45-36(26)54(40)12-8-7-11-53-32-25(46-39(53)49-38(60)33-31(41)22(4)51-56(33)6-2)15-23(34(42)57)17-30(32)61-13-9-10-52-20-27-29(52)19-44-27/h7-8,14-18,27,29,44H,5-6,9-13,19-20,41H2,1-4H3,(H2,42,57)(H2,43,58)(H,46,49,60)(H,47,48,59)/b8-7+. The highest BCUT2D eigenvalue weighted by molar-refractivity contribution is 6.07. The van der Waals surface area contributed by atoms with Crippen molar-refractivity contribution < 1.29 is 23.9 Å². The molecule has 2 aliphatic rings. The van der Waals surface area contributed by atoms with Crippen molar-refractivity contribution in [2.45, 2.75) is 72.4 Å². The summed E-state index contributed by atoms with van der Waals surface area (Å²) < 4.78 is 12.9. The van der Waals surface area contributed by atoms with E-state index in [1.165, 1.54) is 16.9 Å². The van der Waals surface area contributed by atoms with E-state index < -0.39 is 23.6 Å². The number of amides is 4. The third kappa shape index (κ3) is 7.75. The number of hydrogen-bond donors (Lipinski definition) is 6. The van der Waals surface area contributed by atoms with E-state index in [-0.39, 0.29) is 47.5 Å². The van der Waals surface area contributed by atoms with Gasteiger partial charge in [-0.3, -0.25) is 48.6 Å². The van der Waals surface area contributed by atoms with E-state index in [1.807, 2.05) is 26.0 Å². The molecule has 0 saturated carbocycles. The zero-order chi connectivity index (χ0) is 43.1. The Morgan fingerprint density at radius 1 is 0.885 bits per heavy atom. The van der Waals surface area contributed by atoms with Gasteiger partial charge in [0.05, 0.1) is 34.8 Å². The van der Waals surface area contributed by atoms with Gasteiger partial charge in [-0.25, -0.2) is 15.0 Å². The first-order valence-corrected chi connectivity index (χ1v) is 20.1. The van der Waals surface area contributed by atoms with Crippen molar-refractivity contribution in [3.8, 4) is 5.75 Å². The predicted octanol–water partition coefficient (Wildman–Crippen LogP) is 1.80. The van der Waals surface area contributed by atoms with Crippen LogP contribution in [-0.4, -0.2) is 111 Å². The molecule has 1 aromatic carbocycles. The number of nitrogens with one attached hydrogen (secondary N) is 3. The number of imidazole rings is 2. The summed E-state index contributed by atoms with van der Waals surface area (Å²) in [6.45, 7) is 11.7. The molecule has 318 valence electrons. The van der Waals surface area contributed by atoms with E-state index in [4.69, 9.17) is 26.9 Å². The summed E-state index contributed by atoms with van der Waals surface area (Å²) in [6, 6.07) is 7.49. The number of aryl methyl sites for hydroxylation is 4. The maximum absolute atomic E-state index is 13.9. The van der Waals surface area contributed by atoms with Gasteiger partial charge < -0.3 is 31.8 Å². The van der Waals surface area contributed by atoms with E-state index in [9.17, 15) is 19.2 Å². The number of nitrogens with two attached hydrogens (primary N) is 3. The molecule has 61 heavy (non-hydrogen) atoms. The highest BCUT2D eigenvalue weighted by Gasteiger charge is 2.44. The number of aromatic nitrogens is 9. The van der Waals surface area contributed by atoms with Crippen molar-refractivity contribution in [2.24, 2.45) is 11.5 Å². The number of hydrogen-bond acceptors (Lipinski definition) is 13. The number of carbonyl (C=O) groups excluding carboxylic acids is 4. The van der Waals surface area contributed by atoms with Gasteiger partial charge in [-0.15, -0.1) is 0 Å². The van der Waals surface area contributed by atoms with Crippen LogP contribution in [0.15, 0.2) is 42.6 Å². The third-order valence-corrected chi connectivity index (χ3v) is 11.1. The fourth-order valence-electron chi connectivity index (χ4n) is 7.81. The maximum atomic E-state index is 13.9. The molecule has 0 aliphatic carbocycles. The van der Waals surface area contributed by atoms with Gasteiger partial charge in [-0.1, -0.05) is 12.2 Å². The number of primary amides is 2. The van der Waals surface area contributed by atoms with E-state index in [0.717, 1.165) is 26.1 Å². The summed E-state index contributed by atoms with van der Waals surface area (Å²) in [5.41, 5.74) is 21.6. The van der Waals surface area contributed by atoms with E-state index >= 15 is 0 Å². The van der Waals surface area contributed by atoms with E-state index in [1.54, 1.807) is 45.9 Å². The van der Waals surface area contributed by atoms with E-state index in [2.05, 4.69) is 41.0 Å². The Bertz CT molecular complexity index is 2740. The second-order valence-corrected chi connectivity index (χ2v) is 15.0. The SMILES string of the molecule is CCn1nc(C)cc1C(=O)Nc1nc2cc(C(N)=O)cnc2n1C/C=C/Cn1c(NC(=O)c2c(N)c(C)nn2CC)nc2cc(C(N)=O)cc(OCCCN3CC4NCC43)c21. The summed E-state index contributed by atoms with van der Waals surface area (Å²) in [6.07, 6.45) is 5.77. The number of allylic oxidation sites excluding steroid dienone is 2. The second kappa shape index (κ2) is 16.5. The molecule has 5 aromatic heterocycles. The minimum atomic E-state index is -0.670. The van der Waals surface area contributed by atoms with Crippen LogP contribution in [-0.2, 0) is 26.2 Å². The molecule has 4 amide bonds. The molecular formula is C40H48N16O5. The number of nitrogens with zero attached hydrogens (tertiary/aromatic N) is 10. The quantitative estimate of drug-likeness (QED) is 0.0566. The molecule has 0 spiro atoms. The molecular weight excluding hydrogens is 785 g/mol. The van der Waals surface area contributed by atoms with Gasteiger partial charge in [0.15, 0.2) is 5.65 Å². The van der Waals surface area contributed by atoms with Crippen LogP contribution in [0.2, 0.25) is 0 Å². The van der Waals surface area contributed by atoms with Crippen LogP contribution in [0.3, 0.4) is 0 Å². The highest BCUT2D eigenvalue weighted by Crippen LogP contribution is 2.32. The molecule has 21 nitrogen and oxygen atoms in total. The minimum absolute atomic E-state index is 0.158. The normalized spacial score (nSPS) is 16.1. The molecule has 7 heterocycles. The van der Waals surface area contributed by atoms with Gasteiger partial charge >= 0.3 is 0 Å². The number of nitrogen functional groups attached to an aromatic ring is 1. The van der Waals surface area contributed by atoms with Gasteiger partial charge in [0.2, 0.25) is 23.7 Å². The van der Waals surface area contributed by atoms with Crippen LogP contribution in [0.1, 0.15) is 73.3 Å². The van der Waals surface area contributed by atoms with Crippen molar-refractivity contribution in [2.75, 3.05) is 42.6 Å². The number of anilines is 3. The average Bonchev–Trinajstić information content (AvgIpc) is 3.96. The van der Waals surface area contributed by atoms with Crippen LogP contribution in [0.5, 0.6) is 5.75 Å². The maximum Gasteiger partial charge on any atom is 0.278 e. The first-order chi connectivity index (χ1) is 29.3. The predicted molar refractivity (Wildman–Crippen MR) is 226 cm³/mol. The number of piperazine rings is 1.